The quantitative estimate of drug-likeness (QED) is 0.465. The minimum Gasteiger partial charge on any atom is -0.357 e. The van der Waals surface area contributed by atoms with Crippen LogP contribution < -0.4 is 10.6 Å². The van der Waals surface area contributed by atoms with E-state index in [1.54, 1.807) is 0 Å². The summed E-state index contributed by atoms with van der Waals surface area (Å²) in [6.45, 7) is 11.3. The number of aromatic nitrogens is 3. The predicted molar refractivity (Wildman–Crippen MR) is 118 cm³/mol. The number of H-pyrrole nitrogens is 1. The Morgan fingerprint density at radius 1 is 1.27 bits per heavy atom. The molecular weight excluding hydrogens is 380 g/mol. The molecular formula is C21H32N8O. The van der Waals surface area contributed by atoms with Crippen LogP contribution in [-0.4, -0.2) is 82.2 Å². The van der Waals surface area contributed by atoms with Crippen molar-refractivity contribution in [3.05, 3.63) is 36.2 Å². The summed E-state index contributed by atoms with van der Waals surface area (Å²) in [5.41, 5.74) is 2.11. The number of aromatic amines is 1. The molecule has 1 aliphatic heterocycles. The molecule has 1 amide bonds. The molecule has 1 saturated heterocycles. The normalized spacial score (nSPS) is 15.5. The second kappa shape index (κ2) is 10.7. The van der Waals surface area contributed by atoms with E-state index in [9.17, 15) is 4.79 Å². The van der Waals surface area contributed by atoms with Gasteiger partial charge in [-0.1, -0.05) is 18.2 Å². The Bertz CT molecular complexity index is 825. The van der Waals surface area contributed by atoms with Gasteiger partial charge in [-0.15, -0.1) is 0 Å². The van der Waals surface area contributed by atoms with Crippen LogP contribution in [0.25, 0.3) is 11.4 Å². The molecule has 162 valence electrons. The van der Waals surface area contributed by atoms with Crippen molar-refractivity contribution >= 4 is 11.9 Å². The van der Waals surface area contributed by atoms with Gasteiger partial charge in [-0.2, -0.15) is 5.10 Å². The van der Waals surface area contributed by atoms with Crippen molar-refractivity contribution in [2.45, 2.75) is 33.4 Å². The fourth-order valence-corrected chi connectivity index (χ4v) is 3.44. The molecule has 1 aliphatic rings. The summed E-state index contributed by atoms with van der Waals surface area (Å²) < 4.78 is 0. The lowest BCUT2D eigenvalue weighted by Gasteiger charge is -2.36. The molecule has 0 radical (unpaired) electrons. The van der Waals surface area contributed by atoms with Gasteiger partial charge in [-0.05, 0) is 32.4 Å². The molecule has 0 spiro atoms. The third-order valence-corrected chi connectivity index (χ3v) is 4.85. The number of guanidine groups is 1. The van der Waals surface area contributed by atoms with E-state index in [0.717, 1.165) is 55.6 Å². The van der Waals surface area contributed by atoms with Crippen LogP contribution in [0.4, 0.5) is 0 Å². The molecule has 1 aromatic carbocycles. The fraction of sp³-hybridized carbons (Fsp3) is 0.524. The summed E-state index contributed by atoms with van der Waals surface area (Å²) in [5, 5.41) is 13.2. The highest BCUT2D eigenvalue weighted by Gasteiger charge is 2.21. The first-order valence-corrected chi connectivity index (χ1v) is 10.5. The van der Waals surface area contributed by atoms with Crippen molar-refractivity contribution in [3.63, 3.8) is 0 Å². The maximum absolute atomic E-state index is 12.0. The summed E-state index contributed by atoms with van der Waals surface area (Å²) in [6.07, 6.45) is 1.51. The van der Waals surface area contributed by atoms with Gasteiger partial charge < -0.3 is 15.5 Å². The van der Waals surface area contributed by atoms with Crippen LogP contribution >= 0.6 is 0 Å². The zero-order chi connectivity index (χ0) is 21.3. The fourth-order valence-electron chi connectivity index (χ4n) is 3.44. The maximum Gasteiger partial charge on any atom is 0.234 e. The molecule has 30 heavy (non-hydrogen) atoms. The van der Waals surface area contributed by atoms with Crippen LogP contribution in [0.5, 0.6) is 0 Å². The first-order valence-electron chi connectivity index (χ1n) is 10.5. The van der Waals surface area contributed by atoms with Crippen LogP contribution in [0.15, 0.2) is 35.6 Å². The van der Waals surface area contributed by atoms with Gasteiger partial charge in [0.15, 0.2) is 11.8 Å². The molecule has 0 atom stereocenters. The second-order valence-electron chi connectivity index (χ2n) is 7.69. The molecule has 0 unspecified atom stereocenters. The Balaban J connectivity index is 1.58. The molecule has 9 heteroatoms. The third-order valence-electron chi connectivity index (χ3n) is 4.85. The summed E-state index contributed by atoms with van der Waals surface area (Å²) in [6, 6.07) is 8.34. The first kappa shape index (κ1) is 21.8. The van der Waals surface area contributed by atoms with Crippen molar-refractivity contribution in [2.75, 3.05) is 39.3 Å². The molecule has 1 aromatic heterocycles. The number of hydrogen-bond donors (Lipinski definition) is 3. The van der Waals surface area contributed by atoms with E-state index in [0.29, 0.717) is 13.1 Å². The van der Waals surface area contributed by atoms with Crippen LogP contribution in [0.2, 0.25) is 0 Å². The van der Waals surface area contributed by atoms with Gasteiger partial charge in [0.25, 0.3) is 0 Å². The number of hydrogen-bond acceptors (Lipinski definition) is 5. The van der Waals surface area contributed by atoms with E-state index in [1.165, 1.54) is 6.33 Å². The van der Waals surface area contributed by atoms with E-state index in [-0.39, 0.29) is 11.9 Å². The molecule has 1 fully saturated rings. The topological polar surface area (TPSA) is 102 Å². The number of aliphatic imine (C=N–C) groups is 1. The van der Waals surface area contributed by atoms with Crippen LogP contribution in [0.1, 0.15) is 26.3 Å². The molecule has 0 aliphatic carbocycles. The molecule has 0 bridgehead atoms. The smallest absolute Gasteiger partial charge is 0.234 e. The lowest BCUT2D eigenvalue weighted by molar-refractivity contribution is -0.123. The SMILES string of the molecule is CCNC(=NCc1cccc(-c2ncn[nH]2)c1)N1CCN(CC(=O)NC(C)C)CC1. The van der Waals surface area contributed by atoms with Gasteiger partial charge in [0, 0.05) is 44.3 Å². The van der Waals surface area contributed by atoms with Crippen molar-refractivity contribution < 1.29 is 4.79 Å². The summed E-state index contributed by atoms with van der Waals surface area (Å²) in [5.74, 6) is 1.75. The second-order valence-corrected chi connectivity index (χ2v) is 7.69. The largest absolute Gasteiger partial charge is 0.357 e. The molecule has 9 nitrogen and oxygen atoms in total. The number of nitrogens with one attached hydrogen (secondary N) is 3. The average Bonchev–Trinajstić information content (AvgIpc) is 3.26. The Kier molecular flexibility index (Phi) is 7.78. The van der Waals surface area contributed by atoms with Gasteiger partial charge in [-0.25, -0.2) is 9.98 Å². The molecule has 3 N–H and O–H groups in total. The number of carbonyl (C=O) groups excluding carboxylic acids is 1. The number of carbonyl (C=O) groups is 1. The number of benzene rings is 1. The van der Waals surface area contributed by atoms with E-state index >= 15 is 0 Å². The van der Waals surface area contributed by atoms with Crippen LogP contribution in [0, 0.1) is 0 Å². The third kappa shape index (κ3) is 6.28. The van der Waals surface area contributed by atoms with Gasteiger partial charge in [0.05, 0.1) is 13.1 Å². The minimum absolute atomic E-state index is 0.0886. The van der Waals surface area contributed by atoms with Crippen LogP contribution in [0.3, 0.4) is 0 Å². The van der Waals surface area contributed by atoms with Crippen molar-refractivity contribution in [2.24, 2.45) is 4.99 Å². The number of piperazine rings is 1. The highest BCUT2D eigenvalue weighted by molar-refractivity contribution is 5.80. The average molecular weight is 413 g/mol. The maximum atomic E-state index is 12.0. The molecule has 2 heterocycles. The lowest BCUT2D eigenvalue weighted by Crippen LogP contribution is -2.54. The summed E-state index contributed by atoms with van der Waals surface area (Å²) in [4.78, 5) is 25.5. The van der Waals surface area contributed by atoms with Gasteiger partial charge in [0.1, 0.15) is 6.33 Å². The van der Waals surface area contributed by atoms with Crippen molar-refractivity contribution in [1.29, 1.82) is 0 Å². The van der Waals surface area contributed by atoms with Gasteiger partial charge in [0.2, 0.25) is 5.91 Å². The van der Waals surface area contributed by atoms with E-state index in [1.807, 2.05) is 26.0 Å². The zero-order valence-electron chi connectivity index (χ0n) is 18.1. The van der Waals surface area contributed by atoms with Crippen molar-refractivity contribution in [3.8, 4) is 11.4 Å². The Hall–Kier alpha value is -2.94. The number of rotatable bonds is 7. The number of amides is 1. The standard InChI is InChI=1S/C21H32N8O/c1-4-22-21(29-10-8-28(9-11-29)14-19(30)26-16(2)3)23-13-17-6-5-7-18(12-17)20-24-15-25-27-20/h5-7,12,15-16H,4,8-11,13-14H2,1-3H3,(H,22,23)(H,26,30)(H,24,25,27). The Morgan fingerprint density at radius 2 is 2.07 bits per heavy atom. The van der Waals surface area contributed by atoms with E-state index in [2.05, 4.69) is 54.7 Å². The zero-order valence-corrected chi connectivity index (χ0v) is 18.1. The van der Waals surface area contributed by atoms with Crippen LogP contribution in [-0.2, 0) is 11.3 Å². The molecule has 2 aromatic rings. The Morgan fingerprint density at radius 3 is 2.73 bits per heavy atom. The molecule has 3 rings (SSSR count). The monoisotopic (exact) mass is 412 g/mol. The minimum atomic E-state index is 0.0886. The van der Waals surface area contributed by atoms with Gasteiger partial charge >= 0.3 is 0 Å². The summed E-state index contributed by atoms with van der Waals surface area (Å²) in [7, 11) is 0. The predicted octanol–water partition coefficient (Wildman–Crippen LogP) is 1.08. The van der Waals surface area contributed by atoms with E-state index in [4.69, 9.17) is 4.99 Å². The van der Waals surface area contributed by atoms with E-state index < -0.39 is 0 Å². The van der Waals surface area contributed by atoms with Crippen molar-refractivity contribution in [1.82, 2.24) is 35.6 Å². The Labute approximate surface area is 178 Å². The summed E-state index contributed by atoms with van der Waals surface area (Å²) >= 11 is 0. The lowest BCUT2D eigenvalue weighted by atomic mass is 10.1. The van der Waals surface area contributed by atoms with Gasteiger partial charge in [-0.3, -0.25) is 14.8 Å². The highest BCUT2D eigenvalue weighted by Crippen LogP contribution is 2.16. The molecule has 0 saturated carbocycles. The number of nitrogens with zero attached hydrogens (tertiary/aromatic N) is 5. The first-order chi connectivity index (χ1) is 14.5. The highest BCUT2D eigenvalue weighted by atomic mass is 16.2.